The van der Waals surface area contributed by atoms with E-state index in [1.165, 1.54) is 0 Å². The van der Waals surface area contributed by atoms with Gasteiger partial charge >= 0.3 is 0 Å². The molecule has 0 unspecified atom stereocenters. The number of rotatable bonds is 6. The van der Waals surface area contributed by atoms with Crippen LogP contribution in [0.2, 0.25) is 5.02 Å². The summed E-state index contributed by atoms with van der Waals surface area (Å²) in [6, 6.07) is 7.26. The highest BCUT2D eigenvalue weighted by Gasteiger charge is 2.30. The summed E-state index contributed by atoms with van der Waals surface area (Å²) in [5.74, 6) is 0.370. The van der Waals surface area contributed by atoms with Crippen LogP contribution in [0.5, 0.6) is 0 Å². The molecular weight excluding hydrogens is 344 g/mol. The molecule has 25 heavy (non-hydrogen) atoms. The molecule has 0 spiro atoms. The molecule has 0 radical (unpaired) electrons. The summed E-state index contributed by atoms with van der Waals surface area (Å²) in [5, 5.41) is 3.48. The molecule has 1 saturated heterocycles. The summed E-state index contributed by atoms with van der Waals surface area (Å²) in [4.78, 5) is 16.6. The average molecular weight is 365 g/mol. The number of amides is 1. The maximum absolute atomic E-state index is 12.1. The minimum Gasteiger partial charge on any atom is -0.441 e. The van der Waals surface area contributed by atoms with Crippen molar-refractivity contribution in [1.82, 2.24) is 10.3 Å². The molecule has 1 N–H and O–H groups in total. The number of oxazole rings is 1. The van der Waals surface area contributed by atoms with Gasteiger partial charge in [-0.15, -0.1) is 0 Å². The van der Waals surface area contributed by atoms with Crippen LogP contribution >= 0.6 is 11.6 Å². The zero-order chi connectivity index (χ0) is 17.9. The van der Waals surface area contributed by atoms with Crippen molar-refractivity contribution in [3.63, 3.8) is 0 Å². The van der Waals surface area contributed by atoms with Crippen molar-refractivity contribution in [3.8, 4) is 11.5 Å². The lowest BCUT2D eigenvalue weighted by molar-refractivity contribution is -0.146. The van der Waals surface area contributed by atoms with Gasteiger partial charge in [0.05, 0.1) is 25.3 Å². The van der Waals surface area contributed by atoms with Gasteiger partial charge in [-0.05, 0) is 32.0 Å². The number of nitrogens with zero attached hydrogens (tertiary/aromatic N) is 1. The molecule has 1 aliphatic rings. The number of hydrogen-bond acceptors (Lipinski definition) is 5. The first-order valence-corrected chi connectivity index (χ1v) is 8.60. The van der Waals surface area contributed by atoms with Crippen LogP contribution in [0.3, 0.4) is 0 Å². The first-order valence-electron chi connectivity index (χ1n) is 8.22. The van der Waals surface area contributed by atoms with Gasteiger partial charge in [0.15, 0.2) is 5.79 Å². The van der Waals surface area contributed by atoms with E-state index in [0.29, 0.717) is 48.5 Å². The fraction of sp³-hybridized carbons (Fsp3) is 0.444. The fourth-order valence-corrected chi connectivity index (χ4v) is 2.87. The molecule has 1 aromatic heterocycles. The number of halogens is 1. The van der Waals surface area contributed by atoms with Gasteiger partial charge in [-0.1, -0.05) is 17.7 Å². The van der Waals surface area contributed by atoms with Crippen LogP contribution in [0.1, 0.15) is 24.8 Å². The molecule has 1 amide bonds. The van der Waals surface area contributed by atoms with Crippen molar-refractivity contribution < 1.29 is 18.7 Å². The smallest absolute Gasteiger partial charge is 0.226 e. The van der Waals surface area contributed by atoms with Gasteiger partial charge in [0.25, 0.3) is 0 Å². The Hall–Kier alpha value is -1.89. The molecule has 0 aliphatic carbocycles. The number of nitrogens with one attached hydrogen (secondary N) is 1. The van der Waals surface area contributed by atoms with E-state index in [4.69, 9.17) is 25.5 Å². The lowest BCUT2D eigenvalue weighted by Gasteiger charge is -2.22. The van der Waals surface area contributed by atoms with Crippen molar-refractivity contribution in [2.45, 2.75) is 32.5 Å². The van der Waals surface area contributed by atoms with E-state index in [1.54, 1.807) is 19.1 Å². The highest BCUT2D eigenvalue weighted by molar-refractivity contribution is 6.30. The van der Waals surface area contributed by atoms with E-state index in [0.717, 1.165) is 5.56 Å². The minimum atomic E-state index is -0.600. The van der Waals surface area contributed by atoms with Gasteiger partial charge in [-0.2, -0.15) is 0 Å². The third-order valence-corrected chi connectivity index (χ3v) is 4.33. The number of carbonyl (C=O) groups excluding carboxylic acids is 1. The predicted octanol–water partition coefficient (Wildman–Crippen LogP) is 3.12. The summed E-state index contributed by atoms with van der Waals surface area (Å²) >= 11 is 5.99. The van der Waals surface area contributed by atoms with E-state index >= 15 is 0 Å². The highest BCUT2D eigenvalue weighted by Crippen LogP contribution is 2.25. The lowest BCUT2D eigenvalue weighted by Crippen LogP contribution is -2.34. The number of carbonyl (C=O) groups is 1. The van der Waals surface area contributed by atoms with Crippen molar-refractivity contribution in [2.24, 2.45) is 0 Å². The fourth-order valence-electron chi connectivity index (χ4n) is 2.68. The first-order chi connectivity index (χ1) is 12.0. The first kappa shape index (κ1) is 17.9. The number of aromatic nitrogens is 1. The Morgan fingerprint density at radius 3 is 2.84 bits per heavy atom. The van der Waals surface area contributed by atoms with E-state index in [9.17, 15) is 4.79 Å². The maximum atomic E-state index is 12.1. The molecule has 0 atom stereocenters. The van der Waals surface area contributed by atoms with E-state index in [-0.39, 0.29) is 12.3 Å². The minimum absolute atomic E-state index is 0.115. The number of ether oxygens (including phenoxy) is 2. The molecule has 2 heterocycles. The van der Waals surface area contributed by atoms with Gasteiger partial charge in [0.2, 0.25) is 11.8 Å². The Labute approximate surface area is 151 Å². The van der Waals surface area contributed by atoms with Crippen LogP contribution in [-0.2, 0) is 20.7 Å². The molecule has 134 valence electrons. The third kappa shape index (κ3) is 4.60. The standard InChI is InChI=1S/C18H21ClN2O4/c1-12-15(21-17(25-12)13-4-3-5-14(19)10-13)11-16(22)20-7-6-18(2)23-8-9-24-18/h3-5,10H,6-9,11H2,1-2H3,(H,20,22). The largest absolute Gasteiger partial charge is 0.441 e. The number of aryl methyl sites for hydroxylation is 1. The van der Waals surface area contributed by atoms with Gasteiger partial charge in [0.1, 0.15) is 5.76 Å². The molecule has 1 aliphatic heterocycles. The number of hydrogen-bond donors (Lipinski definition) is 1. The molecule has 3 rings (SSSR count). The summed E-state index contributed by atoms with van der Waals surface area (Å²) in [6.45, 7) is 5.34. The molecular formula is C18H21ClN2O4. The quantitative estimate of drug-likeness (QED) is 0.852. The SMILES string of the molecule is Cc1oc(-c2cccc(Cl)c2)nc1CC(=O)NCCC1(C)OCCO1. The molecule has 0 bridgehead atoms. The molecule has 2 aromatic rings. The molecule has 6 nitrogen and oxygen atoms in total. The monoisotopic (exact) mass is 364 g/mol. The molecule has 7 heteroatoms. The van der Waals surface area contributed by atoms with Crippen molar-refractivity contribution >= 4 is 17.5 Å². The van der Waals surface area contributed by atoms with E-state index < -0.39 is 5.79 Å². The van der Waals surface area contributed by atoms with Crippen LogP contribution in [0.4, 0.5) is 0 Å². The summed E-state index contributed by atoms with van der Waals surface area (Å²) in [7, 11) is 0. The second-order valence-corrected chi connectivity index (χ2v) is 6.58. The third-order valence-electron chi connectivity index (χ3n) is 4.09. The summed E-state index contributed by atoms with van der Waals surface area (Å²) in [6.07, 6.45) is 0.763. The Morgan fingerprint density at radius 1 is 1.36 bits per heavy atom. The van der Waals surface area contributed by atoms with Crippen molar-refractivity contribution in [1.29, 1.82) is 0 Å². The van der Waals surface area contributed by atoms with Crippen molar-refractivity contribution in [3.05, 3.63) is 40.7 Å². The topological polar surface area (TPSA) is 73.6 Å². The molecule has 1 aromatic carbocycles. The summed E-state index contributed by atoms with van der Waals surface area (Å²) < 4.78 is 16.7. The number of benzene rings is 1. The highest BCUT2D eigenvalue weighted by atomic mass is 35.5. The zero-order valence-corrected chi connectivity index (χ0v) is 15.1. The van der Waals surface area contributed by atoms with Crippen LogP contribution in [0, 0.1) is 6.92 Å². The molecule has 1 fully saturated rings. The van der Waals surface area contributed by atoms with Crippen LogP contribution in [0.15, 0.2) is 28.7 Å². The van der Waals surface area contributed by atoms with Crippen LogP contribution in [-0.4, -0.2) is 36.4 Å². The predicted molar refractivity (Wildman–Crippen MR) is 93.3 cm³/mol. The average Bonchev–Trinajstić information content (AvgIpc) is 3.14. The zero-order valence-electron chi connectivity index (χ0n) is 14.3. The van der Waals surface area contributed by atoms with Crippen LogP contribution < -0.4 is 5.32 Å². The van der Waals surface area contributed by atoms with Crippen molar-refractivity contribution in [2.75, 3.05) is 19.8 Å². The van der Waals surface area contributed by atoms with E-state index in [1.807, 2.05) is 19.1 Å². The van der Waals surface area contributed by atoms with Crippen LogP contribution in [0.25, 0.3) is 11.5 Å². The maximum Gasteiger partial charge on any atom is 0.226 e. The Balaban J connectivity index is 1.56. The summed E-state index contributed by atoms with van der Waals surface area (Å²) in [5.41, 5.74) is 1.40. The normalized spacial score (nSPS) is 16.1. The second-order valence-electron chi connectivity index (χ2n) is 6.14. The van der Waals surface area contributed by atoms with E-state index in [2.05, 4.69) is 10.3 Å². The van der Waals surface area contributed by atoms with Gasteiger partial charge in [-0.3, -0.25) is 4.79 Å². The second kappa shape index (κ2) is 7.56. The van der Waals surface area contributed by atoms with Gasteiger partial charge in [-0.25, -0.2) is 4.98 Å². The Kier molecular flexibility index (Phi) is 5.42. The Morgan fingerprint density at radius 2 is 2.12 bits per heavy atom. The Bertz CT molecular complexity index is 753. The lowest BCUT2D eigenvalue weighted by atomic mass is 10.2. The molecule has 0 saturated carbocycles. The van der Waals surface area contributed by atoms with Gasteiger partial charge < -0.3 is 19.2 Å². The van der Waals surface area contributed by atoms with Gasteiger partial charge in [0, 0.05) is 23.6 Å².